The van der Waals surface area contributed by atoms with Gasteiger partial charge in [0, 0.05) is 17.8 Å². The van der Waals surface area contributed by atoms with Gasteiger partial charge < -0.3 is 14.9 Å². The molecule has 1 heterocycles. The molecule has 3 aromatic carbocycles. The first-order valence-corrected chi connectivity index (χ1v) is 11.4. The fraction of sp³-hybridized carbons (Fsp3) is 0.138. The van der Waals surface area contributed by atoms with E-state index in [0.29, 0.717) is 17.1 Å². The highest BCUT2D eigenvalue weighted by atomic mass is 16.6. The number of aliphatic carboxylic acids is 1. The molecule has 0 aliphatic carbocycles. The lowest BCUT2D eigenvalue weighted by molar-refractivity contribution is -0.159. The summed E-state index contributed by atoms with van der Waals surface area (Å²) in [5.74, 6) is -1.36. The van der Waals surface area contributed by atoms with Crippen molar-refractivity contribution in [2.75, 3.05) is 4.90 Å². The third-order valence-electron chi connectivity index (χ3n) is 5.72. The van der Waals surface area contributed by atoms with Crippen molar-refractivity contribution in [3.63, 3.8) is 0 Å². The Morgan fingerprint density at radius 2 is 1.36 bits per heavy atom. The molecule has 0 saturated carbocycles. The highest BCUT2D eigenvalue weighted by Gasteiger charge is 2.38. The average Bonchev–Trinajstić information content (AvgIpc) is 2.92. The van der Waals surface area contributed by atoms with Crippen molar-refractivity contribution < 1.29 is 24.5 Å². The van der Waals surface area contributed by atoms with Crippen LogP contribution in [-0.4, -0.2) is 27.3 Å². The zero-order chi connectivity index (χ0) is 25.4. The Hall–Kier alpha value is -4.49. The van der Waals surface area contributed by atoms with Crippen LogP contribution in [0.3, 0.4) is 0 Å². The SMILES string of the molecule is O=C(OCc1ccccc1)N(Cc1cccc(C[C@@](O)(C(=O)O)c2ccccc2)n1)c1ccccc1. The van der Waals surface area contributed by atoms with Gasteiger partial charge in [-0.15, -0.1) is 0 Å². The number of benzene rings is 3. The van der Waals surface area contributed by atoms with Crippen LogP contribution in [-0.2, 0) is 34.7 Å². The zero-order valence-corrected chi connectivity index (χ0v) is 19.5. The Bertz CT molecular complexity index is 1300. The van der Waals surface area contributed by atoms with E-state index in [1.807, 2.05) is 48.5 Å². The maximum atomic E-state index is 13.1. The van der Waals surface area contributed by atoms with Gasteiger partial charge in [0.15, 0.2) is 5.60 Å². The van der Waals surface area contributed by atoms with Crippen LogP contribution in [0.4, 0.5) is 10.5 Å². The molecule has 2 N–H and O–H groups in total. The molecular weight excluding hydrogens is 456 g/mol. The van der Waals surface area contributed by atoms with Crippen molar-refractivity contribution in [2.24, 2.45) is 0 Å². The summed E-state index contributed by atoms with van der Waals surface area (Å²) in [6.45, 7) is 0.224. The van der Waals surface area contributed by atoms with Crippen molar-refractivity contribution >= 4 is 17.7 Å². The fourth-order valence-electron chi connectivity index (χ4n) is 3.82. The summed E-state index contributed by atoms with van der Waals surface area (Å²) in [5.41, 5.74) is 0.531. The summed E-state index contributed by atoms with van der Waals surface area (Å²) in [4.78, 5) is 31.1. The molecule has 36 heavy (non-hydrogen) atoms. The first kappa shape index (κ1) is 24.6. The second kappa shape index (κ2) is 11.3. The van der Waals surface area contributed by atoms with Crippen molar-refractivity contribution in [1.82, 2.24) is 4.98 Å². The Morgan fingerprint density at radius 1 is 0.778 bits per heavy atom. The van der Waals surface area contributed by atoms with Crippen molar-refractivity contribution in [1.29, 1.82) is 0 Å². The van der Waals surface area contributed by atoms with E-state index in [0.717, 1.165) is 5.56 Å². The molecule has 4 rings (SSSR count). The molecule has 0 radical (unpaired) electrons. The van der Waals surface area contributed by atoms with Gasteiger partial charge in [-0.25, -0.2) is 9.59 Å². The third kappa shape index (κ3) is 5.95. The van der Waals surface area contributed by atoms with E-state index in [9.17, 15) is 19.8 Å². The number of para-hydroxylation sites is 1. The van der Waals surface area contributed by atoms with Gasteiger partial charge >= 0.3 is 12.1 Å². The Balaban J connectivity index is 1.56. The molecule has 1 amide bonds. The Labute approximate surface area is 209 Å². The lowest BCUT2D eigenvalue weighted by Crippen LogP contribution is -2.38. The van der Waals surface area contributed by atoms with Gasteiger partial charge in [-0.2, -0.15) is 0 Å². The number of carboxylic acid groups (broad SMARTS) is 1. The predicted molar refractivity (Wildman–Crippen MR) is 135 cm³/mol. The lowest BCUT2D eigenvalue weighted by Gasteiger charge is -2.25. The number of carboxylic acids is 1. The number of rotatable bonds is 9. The molecule has 0 spiro atoms. The number of ether oxygens (including phenoxy) is 1. The normalized spacial score (nSPS) is 12.4. The van der Waals surface area contributed by atoms with Crippen LogP contribution >= 0.6 is 0 Å². The number of nitrogens with zero attached hydrogens (tertiary/aromatic N) is 2. The van der Waals surface area contributed by atoms with Crippen LogP contribution in [0.1, 0.15) is 22.5 Å². The first-order valence-electron chi connectivity index (χ1n) is 11.4. The minimum absolute atomic E-state index is 0.0995. The van der Waals surface area contributed by atoms with E-state index in [2.05, 4.69) is 4.98 Å². The summed E-state index contributed by atoms with van der Waals surface area (Å²) in [5, 5.41) is 20.8. The molecule has 1 aromatic heterocycles. The van der Waals surface area contributed by atoms with Gasteiger partial charge in [0.05, 0.1) is 12.2 Å². The number of hydrogen-bond donors (Lipinski definition) is 2. The second-order valence-corrected chi connectivity index (χ2v) is 8.29. The summed E-state index contributed by atoms with van der Waals surface area (Å²) >= 11 is 0. The fourth-order valence-corrected chi connectivity index (χ4v) is 3.82. The predicted octanol–water partition coefficient (Wildman–Crippen LogP) is 4.94. The van der Waals surface area contributed by atoms with Gasteiger partial charge in [0.25, 0.3) is 0 Å². The molecular formula is C29H26N2O5. The molecule has 0 unspecified atom stereocenters. The maximum Gasteiger partial charge on any atom is 0.414 e. The summed E-state index contributed by atoms with van der Waals surface area (Å²) in [7, 11) is 0. The average molecular weight is 483 g/mol. The summed E-state index contributed by atoms with van der Waals surface area (Å²) in [6, 6.07) is 31.8. The molecule has 0 aliphatic heterocycles. The maximum absolute atomic E-state index is 13.1. The number of hydrogen-bond acceptors (Lipinski definition) is 5. The minimum Gasteiger partial charge on any atom is -0.479 e. The van der Waals surface area contributed by atoms with E-state index in [1.54, 1.807) is 60.7 Å². The first-order chi connectivity index (χ1) is 17.5. The summed E-state index contributed by atoms with van der Waals surface area (Å²) < 4.78 is 5.56. The summed E-state index contributed by atoms with van der Waals surface area (Å²) in [6.07, 6.45) is -0.771. The quantitative estimate of drug-likeness (QED) is 0.351. The van der Waals surface area contributed by atoms with Gasteiger partial charge in [-0.05, 0) is 35.4 Å². The molecule has 0 aliphatic rings. The van der Waals surface area contributed by atoms with Crippen LogP contribution in [0.25, 0.3) is 0 Å². The second-order valence-electron chi connectivity index (χ2n) is 8.29. The molecule has 7 heteroatoms. The van der Waals surface area contributed by atoms with Crippen molar-refractivity contribution in [2.45, 2.75) is 25.2 Å². The molecule has 182 valence electrons. The zero-order valence-electron chi connectivity index (χ0n) is 19.5. The number of carbonyl (C=O) groups is 2. The number of aromatic nitrogens is 1. The highest BCUT2D eigenvalue weighted by molar-refractivity contribution is 5.87. The monoisotopic (exact) mass is 482 g/mol. The molecule has 0 bridgehead atoms. The number of amides is 1. The van der Waals surface area contributed by atoms with Crippen molar-refractivity contribution in [3.8, 4) is 0 Å². The van der Waals surface area contributed by atoms with Crippen LogP contribution in [0.2, 0.25) is 0 Å². The third-order valence-corrected chi connectivity index (χ3v) is 5.72. The number of anilines is 1. The largest absolute Gasteiger partial charge is 0.479 e. The van der Waals surface area contributed by atoms with Gasteiger partial charge in [0.1, 0.15) is 6.61 Å². The molecule has 0 saturated heterocycles. The van der Waals surface area contributed by atoms with E-state index >= 15 is 0 Å². The smallest absolute Gasteiger partial charge is 0.414 e. The Morgan fingerprint density at radius 3 is 2.00 bits per heavy atom. The van der Waals surface area contributed by atoms with Crippen LogP contribution < -0.4 is 4.90 Å². The number of carbonyl (C=O) groups excluding carboxylic acids is 1. The van der Waals surface area contributed by atoms with Crippen LogP contribution in [0.5, 0.6) is 0 Å². The van der Waals surface area contributed by atoms with Gasteiger partial charge in [0.2, 0.25) is 0 Å². The van der Waals surface area contributed by atoms with E-state index in [4.69, 9.17) is 4.74 Å². The molecule has 1 atom stereocenters. The van der Waals surface area contributed by atoms with Gasteiger partial charge in [-0.3, -0.25) is 9.88 Å². The van der Waals surface area contributed by atoms with E-state index in [1.165, 1.54) is 4.90 Å². The topological polar surface area (TPSA) is 100.0 Å². The van der Waals surface area contributed by atoms with Crippen LogP contribution in [0.15, 0.2) is 109 Å². The standard InChI is InChI=1S/C29H26N2O5/c32-27(33)29(35,23-13-6-2-7-14-23)19-24-15-10-16-25(30-24)20-31(26-17-8-3-9-18-26)28(34)36-21-22-11-4-1-5-12-22/h1-18,35H,19-21H2,(H,32,33)/t29-/m0/s1. The number of aliphatic hydroxyl groups is 1. The van der Waals surface area contributed by atoms with E-state index < -0.39 is 17.7 Å². The Kier molecular flexibility index (Phi) is 7.72. The minimum atomic E-state index is -2.14. The molecule has 4 aromatic rings. The van der Waals surface area contributed by atoms with E-state index in [-0.39, 0.29) is 25.1 Å². The molecule has 0 fully saturated rings. The van der Waals surface area contributed by atoms with Crippen LogP contribution in [0, 0.1) is 0 Å². The van der Waals surface area contributed by atoms with Gasteiger partial charge in [-0.1, -0.05) is 84.9 Å². The number of pyridine rings is 1. The lowest BCUT2D eigenvalue weighted by atomic mass is 9.89. The highest BCUT2D eigenvalue weighted by Crippen LogP contribution is 2.26. The molecule has 7 nitrogen and oxygen atoms in total. The van der Waals surface area contributed by atoms with Crippen molar-refractivity contribution in [3.05, 3.63) is 132 Å².